The lowest BCUT2D eigenvalue weighted by Gasteiger charge is -2.08. The highest BCUT2D eigenvalue weighted by Crippen LogP contribution is 2.08. The van der Waals surface area contributed by atoms with E-state index in [-0.39, 0.29) is 7.12 Å². The molecule has 0 aliphatic carbocycles. The van der Waals surface area contributed by atoms with Gasteiger partial charge in [-0.2, -0.15) is 0 Å². The van der Waals surface area contributed by atoms with Gasteiger partial charge in [0.25, 0.3) is 0 Å². The zero-order valence-corrected chi connectivity index (χ0v) is 11.0. The van der Waals surface area contributed by atoms with Crippen LogP contribution >= 0.6 is 0 Å². The SMILES string of the molecule is CCCc1cc(C)cc(B2OCCO2)c1.CN. The Labute approximate surface area is 104 Å². The van der Waals surface area contributed by atoms with Gasteiger partial charge >= 0.3 is 7.12 Å². The van der Waals surface area contributed by atoms with Crippen molar-refractivity contribution < 1.29 is 9.31 Å². The Kier molecular flexibility index (Phi) is 6.26. The van der Waals surface area contributed by atoms with Gasteiger partial charge in [0, 0.05) is 0 Å². The molecule has 1 fully saturated rings. The van der Waals surface area contributed by atoms with Crippen LogP contribution < -0.4 is 11.2 Å². The van der Waals surface area contributed by atoms with Crippen LogP contribution in [0.15, 0.2) is 18.2 Å². The maximum atomic E-state index is 5.50. The summed E-state index contributed by atoms with van der Waals surface area (Å²) in [6.07, 6.45) is 2.30. The molecule has 94 valence electrons. The molecule has 0 aromatic heterocycles. The molecule has 1 saturated heterocycles. The highest BCUT2D eigenvalue weighted by Gasteiger charge is 2.26. The van der Waals surface area contributed by atoms with Crippen LogP contribution in [0.5, 0.6) is 0 Å². The van der Waals surface area contributed by atoms with E-state index in [2.05, 4.69) is 37.8 Å². The molecule has 1 heterocycles. The summed E-state index contributed by atoms with van der Waals surface area (Å²) in [7, 11) is 1.36. The predicted octanol–water partition coefficient (Wildman–Crippen LogP) is 1.26. The Bertz CT molecular complexity index is 338. The summed E-state index contributed by atoms with van der Waals surface area (Å²) in [5, 5.41) is 0. The van der Waals surface area contributed by atoms with Crippen LogP contribution in [-0.2, 0) is 15.7 Å². The third-order valence-electron chi connectivity index (χ3n) is 2.59. The standard InChI is InChI=1S/C12H17BO2.CH5N/c1-3-4-11-7-10(2)8-12(9-11)13-14-5-6-15-13;1-2/h7-9H,3-6H2,1-2H3;2H2,1H3. The Balaban J connectivity index is 0.000000686. The summed E-state index contributed by atoms with van der Waals surface area (Å²) in [5.41, 5.74) is 8.33. The van der Waals surface area contributed by atoms with Gasteiger partial charge in [0.05, 0.1) is 13.2 Å². The van der Waals surface area contributed by atoms with E-state index in [1.54, 1.807) is 0 Å². The lowest BCUT2D eigenvalue weighted by Crippen LogP contribution is -2.32. The fourth-order valence-electron chi connectivity index (χ4n) is 2.01. The molecule has 0 saturated carbocycles. The zero-order chi connectivity index (χ0) is 12.7. The largest absolute Gasteiger partial charge is 0.494 e. The quantitative estimate of drug-likeness (QED) is 0.802. The molecule has 0 spiro atoms. The summed E-state index contributed by atoms with van der Waals surface area (Å²) >= 11 is 0. The molecule has 0 amide bonds. The van der Waals surface area contributed by atoms with Crippen LogP contribution in [0.1, 0.15) is 24.5 Å². The van der Waals surface area contributed by atoms with Crippen LogP contribution in [0.2, 0.25) is 0 Å². The van der Waals surface area contributed by atoms with Crippen molar-refractivity contribution in [1.82, 2.24) is 0 Å². The number of rotatable bonds is 3. The van der Waals surface area contributed by atoms with Gasteiger partial charge in [-0.25, -0.2) is 0 Å². The third kappa shape index (κ3) is 4.15. The Morgan fingerprint density at radius 1 is 1.18 bits per heavy atom. The number of hydrogen-bond acceptors (Lipinski definition) is 3. The third-order valence-corrected chi connectivity index (χ3v) is 2.59. The van der Waals surface area contributed by atoms with Gasteiger partial charge in [-0.05, 0) is 31.4 Å². The second-order valence-electron chi connectivity index (χ2n) is 4.08. The van der Waals surface area contributed by atoms with E-state index in [1.165, 1.54) is 24.6 Å². The Morgan fingerprint density at radius 3 is 2.41 bits per heavy atom. The van der Waals surface area contributed by atoms with Gasteiger partial charge in [-0.15, -0.1) is 0 Å². The minimum atomic E-state index is -0.138. The first-order valence-corrected chi connectivity index (χ1v) is 6.21. The van der Waals surface area contributed by atoms with Crippen LogP contribution in [0.4, 0.5) is 0 Å². The minimum Gasteiger partial charge on any atom is -0.405 e. The first-order valence-electron chi connectivity index (χ1n) is 6.21. The van der Waals surface area contributed by atoms with E-state index < -0.39 is 0 Å². The highest BCUT2D eigenvalue weighted by molar-refractivity contribution is 6.61. The van der Waals surface area contributed by atoms with E-state index in [0.717, 1.165) is 11.9 Å². The number of aryl methyl sites for hydroxylation is 2. The van der Waals surface area contributed by atoms with Crippen molar-refractivity contribution in [2.75, 3.05) is 20.3 Å². The van der Waals surface area contributed by atoms with Crippen molar-refractivity contribution in [3.8, 4) is 0 Å². The van der Waals surface area contributed by atoms with Gasteiger partial charge in [-0.3, -0.25) is 0 Å². The number of nitrogens with two attached hydrogens (primary N) is 1. The fraction of sp³-hybridized carbons (Fsp3) is 0.538. The molecule has 4 heteroatoms. The van der Waals surface area contributed by atoms with Crippen LogP contribution in [0.25, 0.3) is 0 Å². The van der Waals surface area contributed by atoms with E-state index in [9.17, 15) is 0 Å². The van der Waals surface area contributed by atoms with Crippen molar-refractivity contribution in [3.05, 3.63) is 29.3 Å². The molecule has 0 radical (unpaired) electrons. The Hall–Kier alpha value is -0.835. The number of hydrogen-bond donors (Lipinski definition) is 1. The molecule has 2 N–H and O–H groups in total. The molecule has 1 aliphatic heterocycles. The first kappa shape index (κ1) is 14.2. The summed E-state index contributed by atoms with van der Waals surface area (Å²) in [6, 6.07) is 6.59. The molecule has 17 heavy (non-hydrogen) atoms. The topological polar surface area (TPSA) is 44.5 Å². The van der Waals surface area contributed by atoms with Crippen molar-refractivity contribution in [2.45, 2.75) is 26.7 Å². The molecule has 1 aromatic rings. The van der Waals surface area contributed by atoms with Gasteiger partial charge < -0.3 is 15.0 Å². The van der Waals surface area contributed by atoms with Crippen LogP contribution in [0.3, 0.4) is 0 Å². The molecule has 0 atom stereocenters. The molecule has 1 aliphatic rings. The van der Waals surface area contributed by atoms with Crippen LogP contribution in [-0.4, -0.2) is 27.4 Å². The maximum absolute atomic E-state index is 5.50. The van der Waals surface area contributed by atoms with E-state index >= 15 is 0 Å². The molecular weight excluding hydrogens is 213 g/mol. The van der Waals surface area contributed by atoms with E-state index in [0.29, 0.717) is 13.2 Å². The van der Waals surface area contributed by atoms with Crippen molar-refractivity contribution in [1.29, 1.82) is 0 Å². The summed E-state index contributed by atoms with van der Waals surface area (Å²) < 4.78 is 11.0. The average molecular weight is 235 g/mol. The van der Waals surface area contributed by atoms with E-state index in [4.69, 9.17) is 9.31 Å². The highest BCUT2D eigenvalue weighted by atomic mass is 16.6. The Morgan fingerprint density at radius 2 is 1.82 bits per heavy atom. The average Bonchev–Trinajstić information content (AvgIpc) is 2.85. The summed E-state index contributed by atoms with van der Waals surface area (Å²) in [4.78, 5) is 0. The fourth-order valence-corrected chi connectivity index (χ4v) is 2.01. The van der Waals surface area contributed by atoms with Crippen LogP contribution in [0, 0.1) is 6.92 Å². The predicted molar refractivity (Wildman–Crippen MR) is 72.6 cm³/mol. The zero-order valence-electron chi connectivity index (χ0n) is 11.0. The molecule has 3 nitrogen and oxygen atoms in total. The normalized spacial score (nSPS) is 14.5. The van der Waals surface area contributed by atoms with Crippen molar-refractivity contribution >= 4 is 12.6 Å². The monoisotopic (exact) mass is 235 g/mol. The molecule has 0 bridgehead atoms. The molecule has 0 unspecified atom stereocenters. The molecular formula is C13H22BNO2. The van der Waals surface area contributed by atoms with Crippen molar-refractivity contribution in [3.63, 3.8) is 0 Å². The van der Waals surface area contributed by atoms with Gasteiger partial charge in [0.15, 0.2) is 0 Å². The molecule has 2 rings (SSSR count). The minimum absolute atomic E-state index is 0.138. The van der Waals surface area contributed by atoms with Gasteiger partial charge in [-0.1, -0.05) is 37.1 Å². The maximum Gasteiger partial charge on any atom is 0.494 e. The van der Waals surface area contributed by atoms with Gasteiger partial charge in [0.1, 0.15) is 0 Å². The van der Waals surface area contributed by atoms with Crippen molar-refractivity contribution in [2.24, 2.45) is 5.73 Å². The first-order chi connectivity index (χ1) is 8.29. The second kappa shape index (κ2) is 7.48. The second-order valence-corrected chi connectivity index (χ2v) is 4.08. The summed E-state index contributed by atoms with van der Waals surface area (Å²) in [5.74, 6) is 0. The lowest BCUT2D eigenvalue weighted by molar-refractivity contribution is 0.365. The summed E-state index contributed by atoms with van der Waals surface area (Å²) in [6.45, 7) is 5.74. The van der Waals surface area contributed by atoms with E-state index in [1.807, 2.05) is 0 Å². The smallest absolute Gasteiger partial charge is 0.405 e. The number of benzene rings is 1. The molecule has 1 aromatic carbocycles. The van der Waals surface area contributed by atoms with Gasteiger partial charge in [0.2, 0.25) is 0 Å². The lowest BCUT2D eigenvalue weighted by atomic mass is 9.77.